The van der Waals surface area contributed by atoms with Gasteiger partial charge in [0.1, 0.15) is 0 Å². The highest BCUT2D eigenvalue weighted by molar-refractivity contribution is 6.30. The highest BCUT2D eigenvalue weighted by atomic mass is 35.5. The summed E-state index contributed by atoms with van der Waals surface area (Å²) in [5, 5.41) is 0.551. The quantitative estimate of drug-likeness (QED) is 0.918. The average Bonchev–Trinajstić information content (AvgIpc) is 2.52. The van der Waals surface area contributed by atoms with Crippen molar-refractivity contribution in [3.63, 3.8) is 0 Å². The fourth-order valence-electron chi connectivity index (χ4n) is 2.47. The number of nitrogens with zero attached hydrogens (tertiary/aromatic N) is 2. The molecule has 0 radical (unpaired) electrons. The van der Waals surface area contributed by atoms with Gasteiger partial charge in [0.15, 0.2) is 0 Å². The van der Waals surface area contributed by atoms with Crippen LogP contribution >= 0.6 is 11.6 Å². The predicted octanol–water partition coefficient (Wildman–Crippen LogP) is 1.75. The molecule has 120 valence electrons. The molecule has 0 bridgehead atoms. The van der Waals surface area contributed by atoms with Gasteiger partial charge in [-0.25, -0.2) is 0 Å². The lowest BCUT2D eigenvalue weighted by molar-refractivity contribution is -0.132. The van der Waals surface area contributed by atoms with Gasteiger partial charge in [0.25, 0.3) is 5.91 Å². The molecule has 1 saturated heterocycles. The van der Waals surface area contributed by atoms with E-state index in [9.17, 15) is 9.59 Å². The maximum absolute atomic E-state index is 12.4. The summed E-state index contributed by atoms with van der Waals surface area (Å²) in [5.41, 5.74) is 6.26. The first-order valence-electron chi connectivity index (χ1n) is 7.55. The van der Waals surface area contributed by atoms with E-state index < -0.39 is 0 Å². The minimum absolute atomic E-state index is 0.0367. The number of piperazine rings is 1. The molecule has 2 amide bonds. The second-order valence-corrected chi connectivity index (χ2v) is 6.14. The molecule has 1 fully saturated rings. The smallest absolute Gasteiger partial charge is 0.254 e. The topological polar surface area (TPSA) is 66.6 Å². The second kappa shape index (κ2) is 7.61. The van der Waals surface area contributed by atoms with Crippen molar-refractivity contribution in [3.05, 3.63) is 34.9 Å². The van der Waals surface area contributed by atoms with Crippen LogP contribution in [0.4, 0.5) is 0 Å². The zero-order chi connectivity index (χ0) is 16.1. The van der Waals surface area contributed by atoms with E-state index in [1.807, 2.05) is 11.8 Å². The molecule has 2 N–H and O–H groups in total. The van der Waals surface area contributed by atoms with Gasteiger partial charge in [-0.1, -0.05) is 17.7 Å². The number of nitrogens with two attached hydrogens (primary N) is 1. The standard InChI is InChI=1S/C16H22ClN3O2/c1-12(18)5-6-15(21)19-7-9-20(10-8-19)16(22)13-3-2-4-14(17)11-13/h2-4,11-12H,5-10,18H2,1H3. The van der Waals surface area contributed by atoms with E-state index in [0.717, 1.165) is 0 Å². The Labute approximate surface area is 136 Å². The van der Waals surface area contributed by atoms with Crippen LogP contribution in [-0.4, -0.2) is 53.8 Å². The molecule has 0 spiro atoms. The van der Waals surface area contributed by atoms with Crippen LogP contribution in [0.2, 0.25) is 5.02 Å². The SMILES string of the molecule is CC(N)CCC(=O)N1CCN(C(=O)c2cccc(Cl)c2)CC1. The summed E-state index contributed by atoms with van der Waals surface area (Å²) in [6, 6.07) is 6.98. The van der Waals surface area contributed by atoms with E-state index in [4.69, 9.17) is 17.3 Å². The van der Waals surface area contributed by atoms with Gasteiger partial charge < -0.3 is 15.5 Å². The molecule has 1 atom stereocenters. The molecule has 1 heterocycles. The molecule has 0 aromatic heterocycles. The fourth-order valence-corrected chi connectivity index (χ4v) is 2.66. The lowest BCUT2D eigenvalue weighted by Gasteiger charge is -2.35. The number of carbonyl (C=O) groups is 2. The summed E-state index contributed by atoms with van der Waals surface area (Å²) < 4.78 is 0. The van der Waals surface area contributed by atoms with Gasteiger partial charge in [-0.15, -0.1) is 0 Å². The number of rotatable bonds is 4. The van der Waals surface area contributed by atoms with Crippen molar-refractivity contribution in [2.24, 2.45) is 5.73 Å². The summed E-state index contributed by atoms with van der Waals surface area (Å²) >= 11 is 5.92. The number of benzene rings is 1. The van der Waals surface area contributed by atoms with Crippen LogP contribution < -0.4 is 5.73 Å². The van der Waals surface area contributed by atoms with E-state index in [2.05, 4.69) is 0 Å². The summed E-state index contributed by atoms with van der Waals surface area (Å²) in [7, 11) is 0. The Hall–Kier alpha value is -1.59. The zero-order valence-corrected chi connectivity index (χ0v) is 13.6. The Kier molecular flexibility index (Phi) is 5.80. The highest BCUT2D eigenvalue weighted by Crippen LogP contribution is 2.14. The Bertz CT molecular complexity index is 540. The molecule has 1 unspecified atom stereocenters. The van der Waals surface area contributed by atoms with Crippen molar-refractivity contribution in [1.29, 1.82) is 0 Å². The largest absolute Gasteiger partial charge is 0.339 e. The molecule has 1 aromatic carbocycles. The zero-order valence-electron chi connectivity index (χ0n) is 12.8. The summed E-state index contributed by atoms with van der Waals surface area (Å²) in [6.07, 6.45) is 1.17. The first-order chi connectivity index (χ1) is 10.5. The Balaban J connectivity index is 1.86. The molecule has 1 aliphatic heterocycles. The lowest BCUT2D eigenvalue weighted by Crippen LogP contribution is -2.50. The van der Waals surface area contributed by atoms with Crippen LogP contribution in [0.1, 0.15) is 30.1 Å². The van der Waals surface area contributed by atoms with Crippen LogP contribution in [0, 0.1) is 0 Å². The fraction of sp³-hybridized carbons (Fsp3) is 0.500. The minimum atomic E-state index is -0.0369. The van der Waals surface area contributed by atoms with Gasteiger partial charge in [-0.05, 0) is 31.5 Å². The molecule has 22 heavy (non-hydrogen) atoms. The maximum atomic E-state index is 12.4. The lowest BCUT2D eigenvalue weighted by atomic mass is 10.1. The van der Waals surface area contributed by atoms with Gasteiger partial charge in [-0.2, -0.15) is 0 Å². The molecule has 6 heteroatoms. The molecule has 0 saturated carbocycles. The van der Waals surface area contributed by atoms with E-state index in [1.54, 1.807) is 29.2 Å². The number of amides is 2. The third kappa shape index (κ3) is 4.45. The van der Waals surface area contributed by atoms with Crippen LogP contribution in [0.3, 0.4) is 0 Å². The van der Waals surface area contributed by atoms with Gasteiger partial charge in [0, 0.05) is 49.2 Å². The highest BCUT2D eigenvalue weighted by Gasteiger charge is 2.24. The number of halogens is 1. The maximum Gasteiger partial charge on any atom is 0.254 e. The third-order valence-corrected chi connectivity index (χ3v) is 4.04. The van der Waals surface area contributed by atoms with Crippen LogP contribution in [0.15, 0.2) is 24.3 Å². The predicted molar refractivity (Wildman–Crippen MR) is 86.8 cm³/mol. The van der Waals surface area contributed by atoms with Crippen molar-refractivity contribution in [2.75, 3.05) is 26.2 Å². The van der Waals surface area contributed by atoms with Crippen molar-refractivity contribution in [3.8, 4) is 0 Å². The van der Waals surface area contributed by atoms with E-state index in [-0.39, 0.29) is 17.9 Å². The van der Waals surface area contributed by atoms with Crippen LogP contribution in [0.5, 0.6) is 0 Å². The molecule has 1 aliphatic rings. The number of hydrogen-bond acceptors (Lipinski definition) is 3. The van der Waals surface area contributed by atoms with Crippen LogP contribution in [-0.2, 0) is 4.79 Å². The molecular formula is C16H22ClN3O2. The van der Waals surface area contributed by atoms with Crippen molar-refractivity contribution in [1.82, 2.24) is 9.80 Å². The summed E-state index contributed by atoms with van der Waals surface area (Å²) in [6.45, 7) is 4.15. The number of carbonyl (C=O) groups excluding carboxylic acids is 2. The van der Waals surface area contributed by atoms with Gasteiger partial charge in [-0.3, -0.25) is 9.59 Å². The minimum Gasteiger partial charge on any atom is -0.339 e. The first-order valence-corrected chi connectivity index (χ1v) is 7.93. The van der Waals surface area contributed by atoms with E-state index >= 15 is 0 Å². The first kappa shape index (κ1) is 16.8. The monoisotopic (exact) mass is 323 g/mol. The normalized spacial score (nSPS) is 16.5. The third-order valence-electron chi connectivity index (χ3n) is 3.80. The number of hydrogen-bond donors (Lipinski definition) is 1. The molecule has 2 rings (SSSR count). The Morgan fingerprint density at radius 2 is 1.86 bits per heavy atom. The molecule has 5 nitrogen and oxygen atoms in total. The van der Waals surface area contributed by atoms with Crippen LogP contribution in [0.25, 0.3) is 0 Å². The van der Waals surface area contributed by atoms with E-state index in [1.165, 1.54) is 0 Å². The van der Waals surface area contributed by atoms with Gasteiger partial charge >= 0.3 is 0 Å². The molecular weight excluding hydrogens is 302 g/mol. The average molecular weight is 324 g/mol. The van der Waals surface area contributed by atoms with Gasteiger partial charge in [0.2, 0.25) is 5.91 Å². The molecule has 0 aliphatic carbocycles. The Morgan fingerprint density at radius 3 is 2.45 bits per heavy atom. The van der Waals surface area contributed by atoms with Crippen molar-refractivity contribution < 1.29 is 9.59 Å². The second-order valence-electron chi connectivity index (χ2n) is 5.70. The van der Waals surface area contributed by atoms with Crippen molar-refractivity contribution >= 4 is 23.4 Å². The van der Waals surface area contributed by atoms with Gasteiger partial charge in [0.05, 0.1) is 0 Å². The molecule has 1 aromatic rings. The van der Waals surface area contributed by atoms with E-state index in [0.29, 0.717) is 49.6 Å². The Morgan fingerprint density at radius 1 is 1.23 bits per heavy atom. The summed E-state index contributed by atoms with van der Waals surface area (Å²) in [5.74, 6) is 0.0809. The summed E-state index contributed by atoms with van der Waals surface area (Å²) in [4.78, 5) is 28.0. The van der Waals surface area contributed by atoms with Crippen molar-refractivity contribution in [2.45, 2.75) is 25.8 Å².